The summed E-state index contributed by atoms with van der Waals surface area (Å²) >= 11 is 0. The average Bonchev–Trinajstić information content (AvgIpc) is 2.20. The summed E-state index contributed by atoms with van der Waals surface area (Å²) in [6, 6.07) is 0.822. The Hall–Kier alpha value is -0.120. The van der Waals surface area contributed by atoms with Gasteiger partial charge in [-0.2, -0.15) is 0 Å². The van der Waals surface area contributed by atoms with Gasteiger partial charge < -0.3 is 10.8 Å². The lowest BCUT2D eigenvalue weighted by Crippen LogP contribution is -2.50. The summed E-state index contributed by atoms with van der Waals surface area (Å²) in [6.07, 6.45) is 6.77. The van der Waals surface area contributed by atoms with Crippen molar-refractivity contribution in [1.29, 1.82) is 0 Å². The Morgan fingerprint density at radius 1 is 1.00 bits per heavy atom. The molecule has 0 amide bonds. The van der Waals surface area contributed by atoms with E-state index in [0.717, 1.165) is 32.4 Å². The standard InChI is InChI=1S/C11H22N2O/c12-9-5-7-13(8-6-9)10-3-1-2-4-11(10)14/h9-11,14H,1-8,12H2/t10-,11?/m1/s1. The first kappa shape index (κ1) is 10.4. The van der Waals surface area contributed by atoms with E-state index in [1.54, 1.807) is 0 Å². The normalized spacial score (nSPS) is 37.3. The fraction of sp³-hybridized carbons (Fsp3) is 1.00. The quantitative estimate of drug-likeness (QED) is 0.652. The maximum atomic E-state index is 9.91. The molecular formula is C11H22N2O. The van der Waals surface area contributed by atoms with Crippen LogP contribution in [-0.2, 0) is 0 Å². The van der Waals surface area contributed by atoms with Crippen molar-refractivity contribution in [3.05, 3.63) is 0 Å². The van der Waals surface area contributed by atoms with E-state index in [-0.39, 0.29) is 6.10 Å². The average molecular weight is 198 g/mol. The topological polar surface area (TPSA) is 49.5 Å². The van der Waals surface area contributed by atoms with Crippen LogP contribution in [-0.4, -0.2) is 41.3 Å². The first-order valence-corrected chi connectivity index (χ1v) is 5.95. The van der Waals surface area contributed by atoms with Gasteiger partial charge in [0.25, 0.3) is 0 Å². The summed E-state index contributed by atoms with van der Waals surface area (Å²) in [5, 5.41) is 9.91. The summed E-state index contributed by atoms with van der Waals surface area (Å²) in [7, 11) is 0. The van der Waals surface area contributed by atoms with Crippen molar-refractivity contribution in [3.63, 3.8) is 0 Å². The fourth-order valence-corrected chi connectivity index (χ4v) is 2.77. The maximum absolute atomic E-state index is 9.91. The zero-order valence-corrected chi connectivity index (χ0v) is 8.86. The van der Waals surface area contributed by atoms with Gasteiger partial charge in [-0.1, -0.05) is 12.8 Å². The molecule has 14 heavy (non-hydrogen) atoms. The van der Waals surface area contributed by atoms with Crippen molar-refractivity contribution in [2.45, 2.75) is 56.7 Å². The third-order valence-electron chi connectivity index (χ3n) is 3.74. The fourth-order valence-electron chi connectivity index (χ4n) is 2.77. The molecule has 3 N–H and O–H groups in total. The first-order chi connectivity index (χ1) is 6.77. The van der Waals surface area contributed by atoms with Gasteiger partial charge in [-0.15, -0.1) is 0 Å². The molecule has 1 saturated carbocycles. The summed E-state index contributed by atoms with van der Waals surface area (Å²) in [6.45, 7) is 2.17. The molecule has 82 valence electrons. The summed E-state index contributed by atoms with van der Waals surface area (Å²) in [5.41, 5.74) is 5.87. The molecule has 0 aromatic heterocycles. The number of rotatable bonds is 1. The molecule has 2 fully saturated rings. The Balaban J connectivity index is 1.87. The van der Waals surface area contributed by atoms with Crippen LogP contribution in [0.3, 0.4) is 0 Å². The lowest BCUT2D eigenvalue weighted by molar-refractivity contribution is 0.00907. The third kappa shape index (κ3) is 2.27. The predicted octanol–water partition coefficient (Wildman–Crippen LogP) is 0.713. The van der Waals surface area contributed by atoms with E-state index < -0.39 is 0 Å². The van der Waals surface area contributed by atoms with E-state index in [1.807, 2.05) is 0 Å². The minimum absolute atomic E-state index is 0.0851. The van der Waals surface area contributed by atoms with Crippen LogP contribution in [0, 0.1) is 0 Å². The number of piperidine rings is 1. The van der Waals surface area contributed by atoms with E-state index >= 15 is 0 Å². The van der Waals surface area contributed by atoms with Gasteiger partial charge in [0, 0.05) is 25.2 Å². The largest absolute Gasteiger partial charge is 0.391 e. The van der Waals surface area contributed by atoms with E-state index in [1.165, 1.54) is 19.3 Å². The molecule has 0 radical (unpaired) electrons. The molecule has 0 spiro atoms. The highest BCUT2D eigenvalue weighted by atomic mass is 16.3. The lowest BCUT2D eigenvalue weighted by atomic mass is 9.90. The van der Waals surface area contributed by atoms with Crippen LogP contribution in [0.4, 0.5) is 0 Å². The SMILES string of the molecule is NC1CCN([C@@H]2CCCCC2O)CC1. The highest BCUT2D eigenvalue weighted by Gasteiger charge is 2.30. The molecule has 0 bridgehead atoms. The molecule has 0 aromatic carbocycles. The Labute approximate surface area is 86.3 Å². The Kier molecular flexibility index (Phi) is 3.42. The van der Waals surface area contributed by atoms with Crippen molar-refractivity contribution in [2.75, 3.05) is 13.1 Å². The van der Waals surface area contributed by atoms with Crippen LogP contribution in [0.5, 0.6) is 0 Å². The number of hydrogen-bond acceptors (Lipinski definition) is 3. The monoisotopic (exact) mass is 198 g/mol. The van der Waals surface area contributed by atoms with Gasteiger partial charge in [0.05, 0.1) is 6.10 Å². The van der Waals surface area contributed by atoms with Crippen molar-refractivity contribution in [1.82, 2.24) is 4.90 Å². The molecule has 3 nitrogen and oxygen atoms in total. The Morgan fingerprint density at radius 2 is 1.64 bits per heavy atom. The Bertz CT molecular complexity index is 178. The number of aliphatic hydroxyl groups is 1. The van der Waals surface area contributed by atoms with E-state index in [9.17, 15) is 5.11 Å². The molecule has 1 aliphatic carbocycles. The van der Waals surface area contributed by atoms with Crippen molar-refractivity contribution in [3.8, 4) is 0 Å². The second-order valence-electron chi connectivity index (χ2n) is 4.79. The highest BCUT2D eigenvalue weighted by Crippen LogP contribution is 2.25. The van der Waals surface area contributed by atoms with E-state index in [2.05, 4.69) is 4.90 Å². The van der Waals surface area contributed by atoms with Gasteiger partial charge >= 0.3 is 0 Å². The number of nitrogens with two attached hydrogens (primary N) is 1. The number of likely N-dealkylation sites (tertiary alicyclic amines) is 1. The van der Waals surface area contributed by atoms with Gasteiger partial charge in [-0.05, 0) is 25.7 Å². The van der Waals surface area contributed by atoms with Crippen LogP contribution in [0.2, 0.25) is 0 Å². The number of nitrogens with zero attached hydrogens (tertiary/aromatic N) is 1. The van der Waals surface area contributed by atoms with Crippen LogP contribution in [0.25, 0.3) is 0 Å². The van der Waals surface area contributed by atoms with Crippen molar-refractivity contribution >= 4 is 0 Å². The molecule has 2 aliphatic rings. The second-order valence-corrected chi connectivity index (χ2v) is 4.79. The first-order valence-electron chi connectivity index (χ1n) is 5.95. The van der Waals surface area contributed by atoms with Crippen molar-refractivity contribution < 1.29 is 5.11 Å². The second kappa shape index (κ2) is 4.60. The number of aliphatic hydroxyl groups excluding tert-OH is 1. The van der Waals surface area contributed by atoms with Gasteiger partial charge in [0.15, 0.2) is 0 Å². The zero-order chi connectivity index (χ0) is 9.97. The molecule has 3 heteroatoms. The van der Waals surface area contributed by atoms with Crippen LogP contribution in [0.15, 0.2) is 0 Å². The summed E-state index contributed by atoms with van der Waals surface area (Å²) < 4.78 is 0. The maximum Gasteiger partial charge on any atom is 0.0695 e. The minimum atomic E-state index is -0.0851. The van der Waals surface area contributed by atoms with E-state index in [4.69, 9.17) is 5.73 Å². The smallest absolute Gasteiger partial charge is 0.0695 e. The number of hydrogen-bond donors (Lipinski definition) is 2. The lowest BCUT2D eigenvalue weighted by Gasteiger charge is -2.40. The summed E-state index contributed by atoms with van der Waals surface area (Å²) in [4.78, 5) is 2.45. The predicted molar refractivity (Wildman–Crippen MR) is 57.0 cm³/mol. The molecular weight excluding hydrogens is 176 g/mol. The van der Waals surface area contributed by atoms with Crippen LogP contribution < -0.4 is 5.73 Å². The molecule has 0 aromatic rings. The molecule has 2 atom stereocenters. The van der Waals surface area contributed by atoms with Gasteiger partial charge in [-0.3, -0.25) is 4.90 Å². The van der Waals surface area contributed by atoms with Gasteiger partial charge in [0.2, 0.25) is 0 Å². The van der Waals surface area contributed by atoms with E-state index in [0.29, 0.717) is 12.1 Å². The highest BCUT2D eigenvalue weighted by molar-refractivity contribution is 4.86. The summed E-state index contributed by atoms with van der Waals surface area (Å²) in [5.74, 6) is 0. The Morgan fingerprint density at radius 3 is 2.29 bits per heavy atom. The van der Waals surface area contributed by atoms with Gasteiger partial charge in [-0.25, -0.2) is 0 Å². The van der Waals surface area contributed by atoms with Crippen LogP contribution >= 0.6 is 0 Å². The molecule has 1 heterocycles. The van der Waals surface area contributed by atoms with Gasteiger partial charge in [0.1, 0.15) is 0 Å². The van der Waals surface area contributed by atoms with Crippen molar-refractivity contribution in [2.24, 2.45) is 5.73 Å². The molecule has 1 unspecified atom stereocenters. The minimum Gasteiger partial charge on any atom is -0.391 e. The molecule has 1 aliphatic heterocycles. The third-order valence-corrected chi connectivity index (χ3v) is 3.74. The zero-order valence-electron chi connectivity index (χ0n) is 8.86. The molecule has 1 saturated heterocycles. The van der Waals surface area contributed by atoms with Crippen LogP contribution in [0.1, 0.15) is 38.5 Å². The molecule has 2 rings (SSSR count).